The molecule has 0 bridgehead atoms. The third-order valence-electron chi connectivity index (χ3n) is 3.06. The van der Waals surface area contributed by atoms with Gasteiger partial charge in [-0.3, -0.25) is 4.72 Å². The maximum Gasteiger partial charge on any atom is 0.229 e. The van der Waals surface area contributed by atoms with Gasteiger partial charge in [-0.05, 0) is 11.6 Å². The van der Waals surface area contributed by atoms with Gasteiger partial charge in [-0.15, -0.1) is 11.6 Å². The van der Waals surface area contributed by atoms with E-state index in [1.54, 1.807) is 12.1 Å². The second-order valence-corrected chi connectivity index (χ2v) is 6.96. The lowest BCUT2D eigenvalue weighted by atomic mass is 10.2. The zero-order valence-corrected chi connectivity index (χ0v) is 14.4. The molecule has 0 fully saturated rings. The van der Waals surface area contributed by atoms with Crippen molar-refractivity contribution in [2.45, 2.75) is 12.5 Å². The van der Waals surface area contributed by atoms with Gasteiger partial charge in [-0.25, -0.2) is 8.42 Å². The minimum Gasteiger partial charge on any atom is -0.496 e. The second kappa shape index (κ2) is 7.57. The molecule has 7 heteroatoms. The summed E-state index contributed by atoms with van der Waals surface area (Å²) in [7, 11) is -1.92. The number of rotatable bonds is 7. The Morgan fingerprint density at radius 3 is 2.39 bits per heavy atom. The molecule has 0 spiro atoms. The molecule has 1 N–H and O–H groups in total. The van der Waals surface area contributed by atoms with Crippen LogP contribution < -0.4 is 14.2 Å². The lowest BCUT2D eigenvalue weighted by molar-refractivity contribution is 0.305. The molecule has 0 unspecified atom stereocenters. The largest absolute Gasteiger partial charge is 0.496 e. The molecular weight excluding hydrogens is 338 g/mol. The van der Waals surface area contributed by atoms with Gasteiger partial charge >= 0.3 is 0 Å². The number of methoxy groups -OCH3 is 1. The quantitative estimate of drug-likeness (QED) is 0.773. The van der Waals surface area contributed by atoms with Gasteiger partial charge in [0.25, 0.3) is 0 Å². The summed E-state index contributed by atoms with van der Waals surface area (Å²) in [5.74, 6) is 1.12. The number of nitrogens with one attached hydrogen (secondary N) is 1. The second-order valence-electron chi connectivity index (χ2n) is 4.94. The van der Waals surface area contributed by atoms with Crippen LogP contribution in [0.1, 0.15) is 11.1 Å². The number of anilines is 1. The lowest BCUT2D eigenvalue weighted by Gasteiger charge is -2.16. The van der Waals surface area contributed by atoms with Gasteiger partial charge in [0.1, 0.15) is 18.1 Å². The van der Waals surface area contributed by atoms with Crippen LogP contribution in [0, 0.1) is 0 Å². The molecule has 124 valence electrons. The van der Waals surface area contributed by atoms with Crippen molar-refractivity contribution in [2.75, 3.05) is 18.1 Å². The van der Waals surface area contributed by atoms with Gasteiger partial charge < -0.3 is 9.47 Å². The summed E-state index contributed by atoms with van der Waals surface area (Å²) >= 11 is 5.88. The van der Waals surface area contributed by atoms with Gasteiger partial charge in [-0.2, -0.15) is 0 Å². The van der Waals surface area contributed by atoms with Crippen LogP contribution in [-0.2, 0) is 22.5 Å². The van der Waals surface area contributed by atoms with E-state index in [-0.39, 0.29) is 5.88 Å². The van der Waals surface area contributed by atoms with Crippen LogP contribution in [0.5, 0.6) is 11.5 Å². The molecule has 5 nitrogen and oxygen atoms in total. The maximum atomic E-state index is 11.6. The third-order valence-corrected chi connectivity index (χ3v) is 3.94. The van der Waals surface area contributed by atoms with Crippen molar-refractivity contribution < 1.29 is 17.9 Å². The van der Waals surface area contributed by atoms with Crippen molar-refractivity contribution in [1.29, 1.82) is 0 Å². The molecule has 2 aromatic rings. The first-order valence-corrected chi connectivity index (χ1v) is 9.27. The highest BCUT2D eigenvalue weighted by molar-refractivity contribution is 7.92. The molecule has 0 heterocycles. The summed E-state index contributed by atoms with van der Waals surface area (Å²) in [6.45, 7) is 0.308. The van der Waals surface area contributed by atoms with Crippen molar-refractivity contribution >= 4 is 27.3 Å². The van der Waals surface area contributed by atoms with Crippen molar-refractivity contribution in [1.82, 2.24) is 0 Å². The molecule has 0 aromatic heterocycles. The van der Waals surface area contributed by atoms with Crippen molar-refractivity contribution in [3.8, 4) is 11.5 Å². The Morgan fingerprint density at radius 2 is 1.83 bits per heavy atom. The topological polar surface area (TPSA) is 64.6 Å². The van der Waals surface area contributed by atoms with Crippen molar-refractivity contribution in [3.05, 3.63) is 53.6 Å². The van der Waals surface area contributed by atoms with E-state index in [0.29, 0.717) is 29.4 Å². The Labute approximate surface area is 141 Å². The number of hydrogen-bond acceptors (Lipinski definition) is 4. The molecule has 0 atom stereocenters. The molecular formula is C16H18ClNO4S. The lowest BCUT2D eigenvalue weighted by Crippen LogP contribution is -2.11. The molecule has 0 aliphatic heterocycles. The van der Waals surface area contributed by atoms with Crippen LogP contribution in [0.2, 0.25) is 0 Å². The summed E-state index contributed by atoms with van der Waals surface area (Å²) in [4.78, 5) is 0. The predicted octanol–water partition coefficient (Wildman–Crippen LogP) is 3.38. The Bertz CT molecular complexity index is 763. The van der Waals surface area contributed by atoms with E-state index >= 15 is 0 Å². The predicted molar refractivity (Wildman–Crippen MR) is 91.8 cm³/mol. The highest BCUT2D eigenvalue weighted by atomic mass is 35.5. The Balaban J connectivity index is 2.34. The van der Waals surface area contributed by atoms with Gasteiger partial charge in [0.2, 0.25) is 10.0 Å². The summed E-state index contributed by atoms with van der Waals surface area (Å²) in [5, 5.41) is 0. The monoisotopic (exact) mass is 355 g/mol. The van der Waals surface area contributed by atoms with Crippen LogP contribution >= 0.6 is 11.6 Å². The molecule has 23 heavy (non-hydrogen) atoms. The zero-order chi connectivity index (χ0) is 16.9. The Morgan fingerprint density at radius 1 is 1.13 bits per heavy atom. The molecule has 0 saturated heterocycles. The average molecular weight is 356 g/mol. The van der Waals surface area contributed by atoms with E-state index < -0.39 is 10.0 Å². The smallest absolute Gasteiger partial charge is 0.229 e. The number of alkyl halides is 1. The fourth-order valence-corrected chi connectivity index (χ4v) is 2.80. The van der Waals surface area contributed by atoms with E-state index in [1.165, 1.54) is 7.11 Å². The van der Waals surface area contributed by atoms with Crippen LogP contribution in [0.15, 0.2) is 42.5 Å². The first-order chi connectivity index (χ1) is 10.9. The van der Waals surface area contributed by atoms with Crippen LogP contribution in [0.25, 0.3) is 0 Å². The molecule has 0 aliphatic carbocycles. The first kappa shape index (κ1) is 17.4. The molecule has 0 amide bonds. The molecule has 2 rings (SSSR count). The standard InChI is InChI=1S/C16H18ClNO4S/c1-21-15-9-16(22-11-12-6-4-3-5-7-12)14(8-13(15)10-17)18-23(2,19)20/h3-9,18H,10-11H2,1-2H3. The summed E-state index contributed by atoms with van der Waals surface area (Å²) in [6, 6.07) is 12.8. The number of sulfonamides is 1. The van der Waals surface area contributed by atoms with Gasteiger partial charge in [0.15, 0.2) is 0 Å². The normalized spacial score (nSPS) is 11.1. The van der Waals surface area contributed by atoms with E-state index in [2.05, 4.69) is 4.72 Å². The van der Waals surface area contributed by atoms with Crippen LogP contribution in [0.4, 0.5) is 5.69 Å². The summed E-state index contributed by atoms with van der Waals surface area (Å²) in [6.07, 6.45) is 1.08. The van der Waals surface area contributed by atoms with E-state index in [1.807, 2.05) is 30.3 Å². The number of ether oxygens (including phenoxy) is 2. The van der Waals surface area contributed by atoms with Gasteiger partial charge in [0.05, 0.1) is 24.9 Å². The molecule has 0 radical (unpaired) electrons. The number of benzene rings is 2. The molecule has 0 aliphatic rings. The Hall–Kier alpha value is -1.92. The Kier molecular flexibility index (Phi) is 5.74. The highest BCUT2D eigenvalue weighted by Gasteiger charge is 2.14. The first-order valence-electron chi connectivity index (χ1n) is 6.84. The molecule has 0 saturated carbocycles. The average Bonchev–Trinajstić information content (AvgIpc) is 2.52. The van der Waals surface area contributed by atoms with Crippen molar-refractivity contribution in [2.24, 2.45) is 0 Å². The van der Waals surface area contributed by atoms with Crippen LogP contribution in [0.3, 0.4) is 0 Å². The SMILES string of the molecule is COc1cc(OCc2ccccc2)c(NS(C)(=O)=O)cc1CCl. The van der Waals surface area contributed by atoms with E-state index in [9.17, 15) is 8.42 Å². The highest BCUT2D eigenvalue weighted by Crippen LogP contribution is 2.35. The number of halogens is 1. The fourth-order valence-electron chi connectivity index (χ4n) is 2.03. The number of hydrogen-bond donors (Lipinski definition) is 1. The van der Waals surface area contributed by atoms with Gasteiger partial charge in [0, 0.05) is 11.6 Å². The van der Waals surface area contributed by atoms with E-state index in [0.717, 1.165) is 11.8 Å². The summed E-state index contributed by atoms with van der Waals surface area (Å²) < 4.78 is 36.6. The fraction of sp³-hybridized carbons (Fsp3) is 0.250. The minimum absolute atomic E-state index is 0.195. The van der Waals surface area contributed by atoms with E-state index in [4.69, 9.17) is 21.1 Å². The van der Waals surface area contributed by atoms with Crippen molar-refractivity contribution in [3.63, 3.8) is 0 Å². The molecule has 2 aromatic carbocycles. The minimum atomic E-state index is -3.44. The zero-order valence-electron chi connectivity index (χ0n) is 12.9. The summed E-state index contributed by atoms with van der Waals surface area (Å²) in [5.41, 5.74) is 1.98. The van der Waals surface area contributed by atoms with Gasteiger partial charge in [-0.1, -0.05) is 30.3 Å². The maximum absolute atomic E-state index is 11.6. The third kappa shape index (κ3) is 5.04. The van der Waals surface area contributed by atoms with Crippen LogP contribution in [-0.4, -0.2) is 21.8 Å².